The van der Waals surface area contributed by atoms with Gasteiger partial charge in [-0.05, 0) is 61.7 Å². The van der Waals surface area contributed by atoms with Crippen LogP contribution < -0.4 is 10.1 Å². The fourth-order valence-corrected chi connectivity index (χ4v) is 5.37. The van der Waals surface area contributed by atoms with Gasteiger partial charge in [0.05, 0.1) is 31.5 Å². The molecular weight excluding hydrogens is 516 g/mol. The third-order valence-corrected chi connectivity index (χ3v) is 7.54. The van der Waals surface area contributed by atoms with E-state index >= 15 is 0 Å². The molecule has 1 saturated carbocycles. The molecule has 0 unspecified atom stereocenters. The molecule has 2 amide bonds. The molecule has 0 atom stereocenters. The molecular formula is C29H33ClN6O3. The maximum Gasteiger partial charge on any atom is 0.321 e. The summed E-state index contributed by atoms with van der Waals surface area (Å²) in [5, 5.41) is 8.46. The second-order valence-corrected chi connectivity index (χ2v) is 10.1. The summed E-state index contributed by atoms with van der Waals surface area (Å²) < 4.78 is 12.5. The lowest BCUT2D eigenvalue weighted by Gasteiger charge is -2.30. The molecule has 10 heteroatoms. The number of urea groups is 1. The SMILES string of the molecule is COC1=CC=C(NC(=O)N(CCn2nc(-c3ccncc3)nc2-c2ccc(OC)c(Cl)c2)C2CCCC2)CC1. The summed E-state index contributed by atoms with van der Waals surface area (Å²) in [6.45, 7) is 0.979. The van der Waals surface area contributed by atoms with E-state index in [-0.39, 0.29) is 12.1 Å². The van der Waals surface area contributed by atoms with Gasteiger partial charge in [-0.3, -0.25) is 4.98 Å². The Morgan fingerprint density at radius 2 is 1.87 bits per heavy atom. The van der Waals surface area contributed by atoms with E-state index in [1.165, 1.54) is 0 Å². The van der Waals surface area contributed by atoms with Crippen LogP contribution in [0.1, 0.15) is 38.5 Å². The zero-order valence-corrected chi connectivity index (χ0v) is 23.0. The van der Waals surface area contributed by atoms with Crippen LogP contribution in [0.3, 0.4) is 0 Å². The first-order valence-electron chi connectivity index (χ1n) is 13.3. The van der Waals surface area contributed by atoms with Crippen molar-refractivity contribution in [2.24, 2.45) is 0 Å². The van der Waals surface area contributed by atoms with Crippen molar-refractivity contribution < 1.29 is 14.3 Å². The Kier molecular flexibility index (Phi) is 8.46. The number of carbonyl (C=O) groups is 1. The number of hydrogen-bond donors (Lipinski definition) is 1. The largest absolute Gasteiger partial charge is 0.501 e. The number of aromatic nitrogens is 4. The van der Waals surface area contributed by atoms with Crippen molar-refractivity contribution in [3.8, 4) is 28.5 Å². The highest BCUT2D eigenvalue weighted by atomic mass is 35.5. The molecule has 1 aromatic carbocycles. The smallest absolute Gasteiger partial charge is 0.321 e. The molecule has 1 fully saturated rings. The number of benzene rings is 1. The van der Waals surface area contributed by atoms with Gasteiger partial charge < -0.3 is 19.7 Å². The Morgan fingerprint density at radius 3 is 2.54 bits per heavy atom. The quantitative estimate of drug-likeness (QED) is 0.361. The fourth-order valence-electron chi connectivity index (χ4n) is 5.11. The van der Waals surface area contributed by atoms with E-state index in [9.17, 15) is 4.79 Å². The van der Waals surface area contributed by atoms with Gasteiger partial charge in [-0.15, -0.1) is 0 Å². The molecule has 0 saturated heterocycles. The van der Waals surface area contributed by atoms with Gasteiger partial charge >= 0.3 is 6.03 Å². The third-order valence-electron chi connectivity index (χ3n) is 7.24. The number of nitrogens with zero attached hydrogens (tertiary/aromatic N) is 5. The predicted octanol–water partition coefficient (Wildman–Crippen LogP) is 5.83. The van der Waals surface area contributed by atoms with E-state index in [0.29, 0.717) is 35.5 Å². The molecule has 0 bridgehead atoms. The van der Waals surface area contributed by atoms with Gasteiger partial charge in [0.15, 0.2) is 11.6 Å². The summed E-state index contributed by atoms with van der Waals surface area (Å²) in [5.74, 6) is 2.77. The van der Waals surface area contributed by atoms with Gasteiger partial charge in [-0.1, -0.05) is 24.4 Å². The van der Waals surface area contributed by atoms with Crippen molar-refractivity contribution in [2.45, 2.75) is 51.1 Å². The Bertz CT molecular complexity index is 1360. The number of carbonyl (C=O) groups excluding carboxylic acids is 1. The minimum Gasteiger partial charge on any atom is -0.501 e. The third kappa shape index (κ3) is 6.25. The van der Waals surface area contributed by atoms with Crippen molar-refractivity contribution in [2.75, 3.05) is 20.8 Å². The van der Waals surface area contributed by atoms with Crippen LogP contribution in [0.15, 0.2) is 66.3 Å². The number of nitrogens with one attached hydrogen (secondary N) is 1. The Hall–Kier alpha value is -3.85. The molecule has 9 nitrogen and oxygen atoms in total. The lowest BCUT2D eigenvalue weighted by molar-refractivity contribution is 0.173. The number of rotatable bonds is 9. The number of halogens is 1. The van der Waals surface area contributed by atoms with Crippen LogP contribution in [0.2, 0.25) is 5.02 Å². The number of allylic oxidation sites excluding steroid dienone is 4. The Morgan fingerprint density at radius 1 is 1.08 bits per heavy atom. The van der Waals surface area contributed by atoms with Crippen molar-refractivity contribution in [3.05, 3.63) is 71.4 Å². The lowest BCUT2D eigenvalue weighted by Crippen LogP contribution is -2.46. The molecule has 1 N–H and O–H groups in total. The number of hydrogen-bond acceptors (Lipinski definition) is 6. The van der Waals surface area contributed by atoms with Gasteiger partial charge in [0.2, 0.25) is 0 Å². The minimum atomic E-state index is -0.0778. The molecule has 0 aliphatic heterocycles. The van der Waals surface area contributed by atoms with E-state index in [2.05, 4.69) is 10.3 Å². The van der Waals surface area contributed by atoms with Gasteiger partial charge in [0.25, 0.3) is 0 Å². The van der Waals surface area contributed by atoms with Crippen LogP contribution in [0.25, 0.3) is 22.8 Å². The standard InChI is InChI=1S/C29H33ClN6O3/c1-38-24-10-8-22(9-11-24)32-29(37)35(23-5-3-4-6-23)17-18-36-28(21-7-12-26(39-2)25(30)19-21)33-27(34-36)20-13-15-31-16-14-20/h7-8,10,12-16,19,23H,3-6,9,11,17-18H2,1-2H3,(H,32,37). The second kappa shape index (κ2) is 12.3. The molecule has 0 radical (unpaired) electrons. The number of pyridine rings is 1. The topological polar surface area (TPSA) is 94.4 Å². The van der Waals surface area contributed by atoms with Gasteiger partial charge in [0, 0.05) is 48.2 Å². The fraction of sp³-hybridized carbons (Fsp3) is 0.379. The zero-order valence-electron chi connectivity index (χ0n) is 22.3. The van der Waals surface area contributed by atoms with E-state index in [0.717, 1.165) is 61.1 Å². The summed E-state index contributed by atoms with van der Waals surface area (Å²) in [4.78, 5) is 24.4. The molecule has 2 aromatic heterocycles. The highest BCUT2D eigenvalue weighted by molar-refractivity contribution is 6.32. The average Bonchev–Trinajstić information content (AvgIpc) is 3.65. The van der Waals surface area contributed by atoms with E-state index in [4.69, 9.17) is 31.2 Å². The molecule has 5 rings (SSSR count). The van der Waals surface area contributed by atoms with Crippen LogP contribution in [-0.2, 0) is 11.3 Å². The normalized spacial score (nSPS) is 15.5. The molecule has 0 spiro atoms. The molecule has 2 aliphatic carbocycles. The van der Waals surface area contributed by atoms with Gasteiger partial charge in [-0.25, -0.2) is 14.5 Å². The van der Waals surface area contributed by atoms with Crippen LogP contribution in [0.5, 0.6) is 5.75 Å². The van der Waals surface area contributed by atoms with E-state index in [1.807, 2.05) is 52.1 Å². The maximum atomic E-state index is 13.5. The summed E-state index contributed by atoms with van der Waals surface area (Å²) >= 11 is 6.45. The Balaban J connectivity index is 1.41. The first-order chi connectivity index (χ1) is 19.1. The van der Waals surface area contributed by atoms with Crippen molar-refractivity contribution in [3.63, 3.8) is 0 Å². The maximum absolute atomic E-state index is 13.5. The van der Waals surface area contributed by atoms with E-state index < -0.39 is 0 Å². The number of methoxy groups -OCH3 is 2. The first kappa shape index (κ1) is 26.7. The van der Waals surface area contributed by atoms with Crippen LogP contribution in [0.4, 0.5) is 4.79 Å². The van der Waals surface area contributed by atoms with Crippen molar-refractivity contribution in [1.29, 1.82) is 0 Å². The summed E-state index contributed by atoms with van der Waals surface area (Å²) in [6, 6.07) is 9.44. The predicted molar refractivity (Wildman–Crippen MR) is 150 cm³/mol. The van der Waals surface area contributed by atoms with Crippen LogP contribution in [0, 0.1) is 0 Å². The lowest BCUT2D eigenvalue weighted by atomic mass is 10.1. The highest BCUT2D eigenvalue weighted by Crippen LogP contribution is 2.31. The van der Waals surface area contributed by atoms with Crippen molar-refractivity contribution in [1.82, 2.24) is 30.0 Å². The molecule has 2 aliphatic rings. The minimum absolute atomic E-state index is 0.0778. The summed E-state index contributed by atoms with van der Waals surface area (Å²) in [6.07, 6.45) is 13.1. The average molecular weight is 549 g/mol. The first-order valence-corrected chi connectivity index (χ1v) is 13.6. The molecule has 39 heavy (non-hydrogen) atoms. The summed E-state index contributed by atoms with van der Waals surface area (Å²) in [5.41, 5.74) is 2.58. The highest BCUT2D eigenvalue weighted by Gasteiger charge is 2.28. The number of amides is 2. The number of ether oxygens (including phenoxy) is 2. The molecule has 2 heterocycles. The van der Waals surface area contributed by atoms with Crippen LogP contribution in [-0.4, -0.2) is 57.5 Å². The zero-order chi connectivity index (χ0) is 27.2. The van der Waals surface area contributed by atoms with E-state index in [1.54, 1.807) is 26.6 Å². The van der Waals surface area contributed by atoms with Crippen LogP contribution >= 0.6 is 11.6 Å². The van der Waals surface area contributed by atoms with Gasteiger partial charge in [0.1, 0.15) is 5.75 Å². The second-order valence-electron chi connectivity index (χ2n) is 9.66. The molecule has 3 aromatic rings. The Labute approximate surface area is 233 Å². The monoisotopic (exact) mass is 548 g/mol. The van der Waals surface area contributed by atoms with Gasteiger partial charge in [-0.2, -0.15) is 5.10 Å². The van der Waals surface area contributed by atoms with Crippen molar-refractivity contribution >= 4 is 17.6 Å². The summed E-state index contributed by atoms with van der Waals surface area (Å²) in [7, 11) is 3.26. The molecule has 204 valence electrons.